The van der Waals surface area contributed by atoms with E-state index in [-0.39, 0.29) is 0 Å². The maximum atomic E-state index is 11.2. The van der Waals surface area contributed by atoms with Crippen molar-refractivity contribution in [2.75, 3.05) is 29.5 Å². The summed E-state index contributed by atoms with van der Waals surface area (Å²) in [7, 11) is -0.681. The molecule has 0 N–H and O–H groups in total. The summed E-state index contributed by atoms with van der Waals surface area (Å²) in [6.07, 6.45) is 1.74. The van der Waals surface area contributed by atoms with Crippen molar-refractivity contribution in [1.82, 2.24) is 4.98 Å². The summed E-state index contributed by atoms with van der Waals surface area (Å²) >= 11 is 11.8. The smallest absolute Gasteiger partial charge is 0.147 e. The van der Waals surface area contributed by atoms with Crippen molar-refractivity contribution < 1.29 is 4.21 Å². The lowest BCUT2D eigenvalue weighted by molar-refractivity contribution is 0.672. The summed E-state index contributed by atoms with van der Waals surface area (Å²) in [6.45, 7) is 1.50. The number of aromatic nitrogens is 1. The third-order valence-electron chi connectivity index (χ3n) is 2.51. The summed E-state index contributed by atoms with van der Waals surface area (Å²) in [5, 5.41) is 0.617. The number of halogens is 2. The number of pyridine rings is 1. The Morgan fingerprint density at radius 1 is 1.44 bits per heavy atom. The molecular weight excluding hydrogens is 267 g/mol. The molecule has 0 atom stereocenters. The molecule has 1 fully saturated rings. The molecule has 1 aliphatic rings. The van der Waals surface area contributed by atoms with Gasteiger partial charge in [0.25, 0.3) is 0 Å². The molecule has 0 bridgehead atoms. The van der Waals surface area contributed by atoms with Crippen LogP contribution in [-0.4, -0.2) is 33.8 Å². The van der Waals surface area contributed by atoms with E-state index in [0.717, 1.165) is 24.5 Å². The number of hydrogen-bond donors (Lipinski definition) is 0. The van der Waals surface area contributed by atoms with Crippen LogP contribution < -0.4 is 4.90 Å². The Bertz CT molecular complexity index is 404. The Kier molecular flexibility index (Phi) is 4.05. The Balaban J connectivity index is 2.17. The van der Waals surface area contributed by atoms with Crippen molar-refractivity contribution in [3.63, 3.8) is 0 Å². The molecule has 16 heavy (non-hydrogen) atoms. The summed E-state index contributed by atoms with van der Waals surface area (Å²) in [6, 6.07) is 1.84. The van der Waals surface area contributed by atoms with Crippen LogP contribution in [0, 0.1) is 0 Å². The molecule has 1 aliphatic heterocycles. The highest BCUT2D eigenvalue weighted by atomic mass is 35.5. The second kappa shape index (κ2) is 5.34. The normalized spacial score (nSPS) is 17.8. The fraction of sp³-hybridized carbons (Fsp3) is 0.500. The van der Waals surface area contributed by atoms with Gasteiger partial charge in [-0.15, -0.1) is 11.6 Å². The molecule has 0 unspecified atom stereocenters. The van der Waals surface area contributed by atoms with Gasteiger partial charge >= 0.3 is 0 Å². The van der Waals surface area contributed by atoms with Crippen LogP contribution in [0.2, 0.25) is 5.02 Å². The maximum Gasteiger partial charge on any atom is 0.147 e. The van der Waals surface area contributed by atoms with Crippen molar-refractivity contribution in [3.8, 4) is 0 Å². The first kappa shape index (κ1) is 12.1. The molecule has 0 spiro atoms. The highest BCUT2D eigenvalue weighted by Crippen LogP contribution is 2.25. The van der Waals surface area contributed by atoms with E-state index in [2.05, 4.69) is 9.88 Å². The van der Waals surface area contributed by atoms with E-state index in [1.807, 2.05) is 6.07 Å². The van der Waals surface area contributed by atoms with Gasteiger partial charge in [0.2, 0.25) is 0 Å². The van der Waals surface area contributed by atoms with E-state index in [1.165, 1.54) is 0 Å². The first-order chi connectivity index (χ1) is 7.70. The lowest BCUT2D eigenvalue weighted by Gasteiger charge is -2.28. The maximum absolute atomic E-state index is 11.2. The van der Waals surface area contributed by atoms with Crippen LogP contribution in [0.15, 0.2) is 12.3 Å². The van der Waals surface area contributed by atoms with Gasteiger partial charge in [0.1, 0.15) is 5.82 Å². The molecule has 0 saturated carbocycles. The van der Waals surface area contributed by atoms with Gasteiger partial charge in [-0.2, -0.15) is 0 Å². The van der Waals surface area contributed by atoms with Crippen molar-refractivity contribution in [3.05, 3.63) is 22.8 Å². The first-order valence-corrected chi connectivity index (χ1v) is 7.41. The van der Waals surface area contributed by atoms with E-state index in [0.29, 0.717) is 22.4 Å². The van der Waals surface area contributed by atoms with Gasteiger partial charge in [0.15, 0.2) is 0 Å². The van der Waals surface area contributed by atoms with Crippen LogP contribution >= 0.6 is 23.2 Å². The van der Waals surface area contributed by atoms with Crippen LogP contribution in [0.3, 0.4) is 0 Å². The summed E-state index contributed by atoms with van der Waals surface area (Å²) in [5.74, 6) is 2.56. The first-order valence-electron chi connectivity index (χ1n) is 5.01. The number of alkyl halides is 1. The predicted octanol–water partition coefficient (Wildman–Crippen LogP) is 2.04. The van der Waals surface area contributed by atoms with Gasteiger partial charge in [-0.3, -0.25) is 4.21 Å². The lowest BCUT2D eigenvalue weighted by Crippen LogP contribution is -2.38. The van der Waals surface area contributed by atoms with Crippen LogP contribution in [0.4, 0.5) is 5.82 Å². The summed E-state index contributed by atoms with van der Waals surface area (Å²) in [4.78, 5) is 6.38. The van der Waals surface area contributed by atoms with Crippen LogP contribution in [0.5, 0.6) is 0 Å². The Labute approximate surface area is 107 Å². The topological polar surface area (TPSA) is 33.2 Å². The molecule has 0 radical (unpaired) electrons. The van der Waals surface area contributed by atoms with E-state index < -0.39 is 10.8 Å². The summed E-state index contributed by atoms with van der Waals surface area (Å²) < 4.78 is 11.2. The monoisotopic (exact) mass is 278 g/mol. The van der Waals surface area contributed by atoms with Gasteiger partial charge < -0.3 is 4.90 Å². The zero-order valence-corrected chi connectivity index (χ0v) is 11.0. The Morgan fingerprint density at radius 3 is 2.69 bits per heavy atom. The molecule has 0 aromatic carbocycles. The van der Waals surface area contributed by atoms with Crippen molar-refractivity contribution in [1.29, 1.82) is 0 Å². The van der Waals surface area contributed by atoms with Crippen LogP contribution in [-0.2, 0) is 16.7 Å². The average Bonchev–Trinajstić information content (AvgIpc) is 2.30. The SMILES string of the molecule is O=S1CCN(c2ncc(CCl)cc2Cl)CC1. The molecule has 88 valence electrons. The zero-order valence-electron chi connectivity index (χ0n) is 8.66. The minimum atomic E-state index is -0.681. The second-order valence-electron chi connectivity index (χ2n) is 3.62. The molecule has 0 aliphatic carbocycles. The molecule has 1 aromatic heterocycles. The number of anilines is 1. The molecular formula is C10H12Cl2N2OS. The largest absolute Gasteiger partial charge is 0.354 e. The minimum absolute atomic E-state index is 0.414. The third-order valence-corrected chi connectivity index (χ3v) is 4.37. The molecule has 3 nitrogen and oxygen atoms in total. The lowest BCUT2D eigenvalue weighted by atomic mass is 10.3. The fourth-order valence-electron chi connectivity index (χ4n) is 1.63. The predicted molar refractivity (Wildman–Crippen MR) is 68.9 cm³/mol. The van der Waals surface area contributed by atoms with E-state index in [9.17, 15) is 4.21 Å². The van der Waals surface area contributed by atoms with Crippen molar-refractivity contribution in [2.45, 2.75) is 5.88 Å². The van der Waals surface area contributed by atoms with Crippen molar-refractivity contribution in [2.24, 2.45) is 0 Å². The van der Waals surface area contributed by atoms with Gasteiger partial charge in [-0.25, -0.2) is 4.98 Å². The Hall–Kier alpha value is -0.320. The number of rotatable bonds is 2. The number of hydrogen-bond acceptors (Lipinski definition) is 3. The van der Waals surface area contributed by atoms with Gasteiger partial charge in [-0.05, 0) is 11.6 Å². The van der Waals surface area contributed by atoms with Crippen molar-refractivity contribution >= 4 is 39.8 Å². The van der Waals surface area contributed by atoms with Gasteiger partial charge in [-0.1, -0.05) is 11.6 Å². The van der Waals surface area contributed by atoms with E-state index >= 15 is 0 Å². The van der Waals surface area contributed by atoms with E-state index in [1.54, 1.807) is 6.20 Å². The molecule has 1 aromatic rings. The highest BCUT2D eigenvalue weighted by molar-refractivity contribution is 7.85. The average molecular weight is 279 g/mol. The highest BCUT2D eigenvalue weighted by Gasteiger charge is 2.18. The number of nitrogens with zero attached hydrogens (tertiary/aromatic N) is 2. The standard InChI is InChI=1S/C10H12Cl2N2OS/c11-6-8-5-9(12)10(13-7-8)14-1-3-16(15)4-2-14/h5,7H,1-4,6H2. The molecule has 1 saturated heterocycles. The quantitative estimate of drug-likeness (QED) is 0.777. The van der Waals surface area contributed by atoms with Crippen LogP contribution in [0.1, 0.15) is 5.56 Å². The third kappa shape index (κ3) is 2.67. The zero-order chi connectivity index (χ0) is 11.5. The summed E-state index contributed by atoms with van der Waals surface area (Å²) in [5.41, 5.74) is 0.913. The molecule has 2 rings (SSSR count). The Morgan fingerprint density at radius 2 is 2.12 bits per heavy atom. The minimum Gasteiger partial charge on any atom is -0.354 e. The van der Waals surface area contributed by atoms with Gasteiger partial charge in [0, 0.05) is 47.5 Å². The van der Waals surface area contributed by atoms with Gasteiger partial charge in [0.05, 0.1) is 5.02 Å². The molecule has 6 heteroatoms. The van der Waals surface area contributed by atoms with Crippen LogP contribution in [0.25, 0.3) is 0 Å². The van der Waals surface area contributed by atoms with E-state index in [4.69, 9.17) is 23.2 Å². The second-order valence-corrected chi connectivity index (χ2v) is 5.99. The molecule has 0 amide bonds. The molecule has 2 heterocycles. The fourth-order valence-corrected chi connectivity index (χ4v) is 3.13.